The summed E-state index contributed by atoms with van der Waals surface area (Å²) in [5.74, 6) is -0.465. The first kappa shape index (κ1) is 12.0. The zero-order valence-electron chi connectivity index (χ0n) is 8.30. The Morgan fingerprint density at radius 1 is 1.53 bits per heavy atom. The number of hydrogen-bond acceptors (Lipinski definition) is 3. The molecule has 1 aromatic heterocycles. The molecule has 15 heavy (non-hydrogen) atoms. The Bertz CT molecular complexity index is 360. The van der Waals surface area contributed by atoms with Gasteiger partial charge in [-0.15, -0.1) is 0 Å². The van der Waals surface area contributed by atoms with Crippen LogP contribution in [0.2, 0.25) is 0 Å². The minimum atomic E-state index is -0.898. The zero-order chi connectivity index (χ0) is 11.3. The largest absolute Gasteiger partial charge is 0.367 e. The van der Waals surface area contributed by atoms with Crippen molar-refractivity contribution in [3.8, 4) is 0 Å². The lowest BCUT2D eigenvalue weighted by molar-refractivity contribution is 0.575. The Morgan fingerprint density at radius 2 is 2.27 bits per heavy atom. The lowest BCUT2D eigenvalue weighted by atomic mass is 10.4. The first-order chi connectivity index (χ1) is 7.13. The fraction of sp³-hybridized carbons (Fsp3) is 0.444. The van der Waals surface area contributed by atoms with Crippen molar-refractivity contribution >= 4 is 16.6 Å². The van der Waals surface area contributed by atoms with E-state index in [1.807, 2.05) is 6.92 Å². The summed E-state index contributed by atoms with van der Waals surface area (Å²) in [6.07, 6.45) is 0.933. The van der Waals surface area contributed by atoms with Gasteiger partial charge in [-0.2, -0.15) is 0 Å². The van der Waals surface area contributed by atoms with Crippen molar-refractivity contribution < 1.29 is 13.0 Å². The van der Waals surface area contributed by atoms with E-state index >= 15 is 0 Å². The van der Waals surface area contributed by atoms with Crippen LogP contribution in [0.3, 0.4) is 0 Å². The van der Waals surface area contributed by atoms with Crippen LogP contribution in [0.5, 0.6) is 0 Å². The predicted octanol–water partition coefficient (Wildman–Crippen LogP) is 1.54. The van der Waals surface area contributed by atoms with E-state index in [9.17, 15) is 13.0 Å². The molecule has 1 rings (SSSR count). The van der Waals surface area contributed by atoms with Crippen molar-refractivity contribution in [3.05, 3.63) is 23.9 Å². The first-order valence-corrected chi connectivity index (χ1v) is 6.02. The highest BCUT2D eigenvalue weighted by atomic mass is 32.2. The molecule has 1 N–H and O–H groups in total. The molecule has 6 heteroatoms. The Labute approximate surface area is 89.4 Å². The second-order valence-electron chi connectivity index (χ2n) is 2.84. The summed E-state index contributed by atoms with van der Waals surface area (Å²) in [6.45, 7) is 2.17. The van der Waals surface area contributed by atoms with Crippen LogP contribution in [-0.4, -0.2) is 27.2 Å². The smallest absolute Gasteiger partial charge is 0.168 e. The van der Waals surface area contributed by atoms with Crippen LogP contribution in [0, 0.1) is 11.6 Å². The number of pyridine rings is 1. The van der Waals surface area contributed by atoms with Crippen molar-refractivity contribution in [3.63, 3.8) is 0 Å². The third-order valence-electron chi connectivity index (χ3n) is 1.75. The molecule has 1 aromatic rings. The summed E-state index contributed by atoms with van der Waals surface area (Å²) < 4.78 is 36.5. The van der Waals surface area contributed by atoms with Crippen LogP contribution in [0.25, 0.3) is 0 Å². The topological polar surface area (TPSA) is 42.0 Å². The van der Waals surface area contributed by atoms with Crippen LogP contribution in [0.1, 0.15) is 6.92 Å². The minimum Gasteiger partial charge on any atom is -0.367 e. The average Bonchev–Trinajstić information content (AvgIpc) is 2.21. The van der Waals surface area contributed by atoms with Gasteiger partial charge in [-0.1, -0.05) is 6.92 Å². The van der Waals surface area contributed by atoms with E-state index in [0.29, 0.717) is 18.1 Å². The zero-order valence-corrected chi connectivity index (χ0v) is 9.11. The summed E-state index contributed by atoms with van der Waals surface area (Å²) in [5.41, 5.74) is 0. The van der Waals surface area contributed by atoms with E-state index in [0.717, 1.165) is 12.3 Å². The van der Waals surface area contributed by atoms with Crippen LogP contribution < -0.4 is 5.32 Å². The van der Waals surface area contributed by atoms with Crippen LogP contribution >= 0.6 is 0 Å². The second-order valence-corrected chi connectivity index (χ2v) is 4.71. The number of hydrogen-bond donors (Lipinski definition) is 1. The molecular weight excluding hydrogens is 222 g/mol. The maximum Gasteiger partial charge on any atom is 0.168 e. The molecule has 3 nitrogen and oxygen atoms in total. The van der Waals surface area contributed by atoms with Gasteiger partial charge in [-0.05, 0) is 0 Å². The van der Waals surface area contributed by atoms with E-state index < -0.39 is 22.4 Å². The van der Waals surface area contributed by atoms with Crippen molar-refractivity contribution in [1.82, 2.24) is 4.98 Å². The average molecular weight is 234 g/mol. The predicted molar refractivity (Wildman–Crippen MR) is 56.2 cm³/mol. The fourth-order valence-electron chi connectivity index (χ4n) is 0.972. The van der Waals surface area contributed by atoms with Crippen molar-refractivity contribution in [2.45, 2.75) is 6.92 Å². The number of nitrogens with one attached hydrogen (secondary N) is 1. The van der Waals surface area contributed by atoms with Crippen molar-refractivity contribution in [2.75, 3.05) is 23.4 Å². The maximum absolute atomic E-state index is 13.0. The number of anilines is 1. The van der Waals surface area contributed by atoms with E-state index in [1.54, 1.807) is 0 Å². The molecule has 1 heterocycles. The van der Waals surface area contributed by atoms with Crippen LogP contribution in [0.15, 0.2) is 12.3 Å². The van der Waals surface area contributed by atoms with E-state index in [-0.39, 0.29) is 5.82 Å². The molecule has 0 aromatic carbocycles. The van der Waals surface area contributed by atoms with Gasteiger partial charge < -0.3 is 5.32 Å². The van der Waals surface area contributed by atoms with E-state index in [1.165, 1.54) is 0 Å². The SMILES string of the molecule is CCS(=O)CCNc1ncc(F)cc1F. The van der Waals surface area contributed by atoms with Crippen molar-refractivity contribution in [2.24, 2.45) is 0 Å². The van der Waals surface area contributed by atoms with Gasteiger partial charge in [0, 0.05) is 34.9 Å². The van der Waals surface area contributed by atoms with Crippen LogP contribution in [0.4, 0.5) is 14.6 Å². The Balaban J connectivity index is 2.47. The minimum absolute atomic E-state index is 0.00972. The second kappa shape index (κ2) is 5.75. The molecule has 0 bridgehead atoms. The number of halogens is 2. The molecule has 0 aliphatic rings. The van der Waals surface area contributed by atoms with E-state index in [2.05, 4.69) is 10.3 Å². The molecular formula is C9H12F2N2OS. The molecule has 1 atom stereocenters. The molecule has 0 amide bonds. The Kier molecular flexibility index (Phi) is 4.61. The van der Waals surface area contributed by atoms with Crippen LogP contribution in [-0.2, 0) is 10.8 Å². The van der Waals surface area contributed by atoms with Gasteiger partial charge in [-0.3, -0.25) is 4.21 Å². The molecule has 84 valence electrons. The standard InChI is InChI=1S/C9H12F2N2OS/c1-2-15(14)4-3-12-9-8(11)5-7(10)6-13-9/h5-6H,2-4H2,1H3,(H,12,13). The summed E-state index contributed by atoms with van der Waals surface area (Å²) in [4.78, 5) is 3.54. The highest BCUT2D eigenvalue weighted by molar-refractivity contribution is 7.84. The lowest BCUT2D eigenvalue weighted by Gasteiger charge is -2.05. The summed E-state index contributed by atoms with van der Waals surface area (Å²) >= 11 is 0. The normalized spacial score (nSPS) is 12.5. The van der Waals surface area contributed by atoms with Gasteiger partial charge in [0.05, 0.1) is 6.20 Å². The molecule has 1 unspecified atom stereocenters. The van der Waals surface area contributed by atoms with Gasteiger partial charge in [-0.25, -0.2) is 13.8 Å². The molecule has 0 saturated heterocycles. The molecule has 0 saturated carbocycles. The number of aromatic nitrogens is 1. The monoisotopic (exact) mass is 234 g/mol. The van der Waals surface area contributed by atoms with Gasteiger partial charge >= 0.3 is 0 Å². The Morgan fingerprint density at radius 3 is 2.87 bits per heavy atom. The van der Waals surface area contributed by atoms with Gasteiger partial charge in [0.15, 0.2) is 11.6 Å². The molecule has 0 radical (unpaired) electrons. The summed E-state index contributed by atoms with van der Waals surface area (Å²) in [5, 5.41) is 2.66. The highest BCUT2D eigenvalue weighted by Crippen LogP contribution is 2.10. The van der Waals surface area contributed by atoms with E-state index in [4.69, 9.17) is 0 Å². The summed E-state index contributed by atoms with van der Waals surface area (Å²) in [6, 6.07) is 0.756. The third kappa shape index (κ3) is 3.91. The lowest BCUT2D eigenvalue weighted by Crippen LogP contribution is -2.13. The first-order valence-electron chi connectivity index (χ1n) is 4.53. The Hall–Kier alpha value is -1.04. The molecule has 0 aliphatic carbocycles. The van der Waals surface area contributed by atoms with Crippen molar-refractivity contribution in [1.29, 1.82) is 0 Å². The molecule has 0 fully saturated rings. The fourth-order valence-corrected chi connectivity index (χ4v) is 1.59. The van der Waals surface area contributed by atoms with Gasteiger partial charge in [0.2, 0.25) is 0 Å². The van der Waals surface area contributed by atoms with Gasteiger partial charge in [0.25, 0.3) is 0 Å². The number of nitrogens with zero attached hydrogens (tertiary/aromatic N) is 1. The highest BCUT2D eigenvalue weighted by Gasteiger charge is 2.04. The maximum atomic E-state index is 13.0. The van der Waals surface area contributed by atoms with Gasteiger partial charge in [0.1, 0.15) is 5.82 Å². The summed E-state index contributed by atoms with van der Waals surface area (Å²) in [7, 11) is -0.898. The quantitative estimate of drug-likeness (QED) is 0.840. The molecule has 0 aliphatic heterocycles. The molecule has 0 spiro atoms. The third-order valence-corrected chi connectivity index (χ3v) is 3.06. The number of rotatable bonds is 5.